The van der Waals surface area contributed by atoms with E-state index < -0.39 is 11.8 Å². The highest BCUT2D eigenvalue weighted by Gasteiger charge is 2.09. The number of hydrogen-bond donors (Lipinski definition) is 2. The van der Waals surface area contributed by atoms with E-state index in [1.165, 1.54) is 0 Å². The van der Waals surface area contributed by atoms with Crippen molar-refractivity contribution >= 4 is 27.7 Å². The van der Waals surface area contributed by atoms with Crippen LogP contribution in [0, 0.1) is 0 Å². The first-order valence-corrected chi connectivity index (χ1v) is 8.68. The molecule has 0 fully saturated rings. The van der Waals surface area contributed by atoms with Crippen LogP contribution in [0.4, 0.5) is 0 Å². The fraction of sp³-hybridized carbons (Fsp3) is 0.222. The summed E-state index contributed by atoms with van der Waals surface area (Å²) in [5.74, 6) is 0.555. The molecule has 7 nitrogen and oxygen atoms in total. The average Bonchev–Trinajstić information content (AvgIpc) is 2.65. The van der Waals surface area contributed by atoms with Crippen LogP contribution in [0.3, 0.4) is 0 Å². The van der Waals surface area contributed by atoms with Gasteiger partial charge in [0.1, 0.15) is 5.75 Å². The van der Waals surface area contributed by atoms with Crippen LogP contribution in [-0.2, 0) is 9.59 Å². The number of nitrogens with one attached hydrogen (secondary N) is 2. The molecule has 0 saturated carbocycles. The summed E-state index contributed by atoms with van der Waals surface area (Å²) in [4.78, 5) is 23.4. The highest BCUT2D eigenvalue weighted by Crippen LogP contribution is 2.26. The molecule has 0 aliphatic heterocycles. The number of rotatable bonds is 8. The van der Waals surface area contributed by atoms with E-state index in [2.05, 4.69) is 26.8 Å². The van der Waals surface area contributed by atoms with E-state index in [9.17, 15) is 9.59 Å². The van der Waals surface area contributed by atoms with Gasteiger partial charge >= 0.3 is 0 Å². The first kappa shape index (κ1) is 19.6. The van der Waals surface area contributed by atoms with E-state index in [1.54, 1.807) is 42.5 Å². The predicted molar refractivity (Wildman–Crippen MR) is 99.0 cm³/mol. The molecule has 0 aliphatic carbocycles. The lowest BCUT2D eigenvalue weighted by atomic mass is 10.3. The molecule has 0 heterocycles. The zero-order chi connectivity index (χ0) is 18.8. The Morgan fingerprint density at radius 3 is 1.96 bits per heavy atom. The standard InChI is InChI=1S/C18H19BrN2O5/c1-2-24-15-5-3-4-6-16(15)26-12-18(23)21-20-17(22)11-25-14-9-7-13(19)8-10-14/h3-10H,2,11-12H2,1H3,(H,20,22)(H,21,23). The van der Waals surface area contributed by atoms with E-state index in [4.69, 9.17) is 14.2 Å². The summed E-state index contributed by atoms with van der Waals surface area (Å²) in [6, 6.07) is 14.1. The number of carbonyl (C=O) groups excluding carboxylic acids is 2. The summed E-state index contributed by atoms with van der Waals surface area (Å²) in [6.07, 6.45) is 0. The molecule has 2 rings (SSSR count). The molecular weight excluding hydrogens is 404 g/mol. The lowest BCUT2D eigenvalue weighted by molar-refractivity contribution is -0.131. The van der Waals surface area contributed by atoms with Gasteiger partial charge in [0.05, 0.1) is 6.61 Å². The number of carbonyl (C=O) groups is 2. The Labute approximate surface area is 159 Å². The number of hydrazine groups is 1. The van der Waals surface area contributed by atoms with E-state index >= 15 is 0 Å². The lowest BCUT2D eigenvalue weighted by Crippen LogP contribution is -2.45. The van der Waals surface area contributed by atoms with Crippen LogP contribution in [0.15, 0.2) is 53.0 Å². The summed E-state index contributed by atoms with van der Waals surface area (Å²) < 4.78 is 17.0. The van der Waals surface area contributed by atoms with Crippen molar-refractivity contribution in [2.45, 2.75) is 6.92 Å². The summed E-state index contributed by atoms with van der Waals surface area (Å²) in [7, 11) is 0. The summed E-state index contributed by atoms with van der Waals surface area (Å²) in [5, 5.41) is 0. The maximum atomic E-state index is 11.8. The second-order valence-electron chi connectivity index (χ2n) is 5.01. The molecule has 2 amide bonds. The second-order valence-corrected chi connectivity index (χ2v) is 5.92. The molecule has 0 aromatic heterocycles. The minimum absolute atomic E-state index is 0.226. The van der Waals surface area contributed by atoms with Gasteiger partial charge < -0.3 is 14.2 Å². The smallest absolute Gasteiger partial charge is 0.276 e. The number of ether oxygens (including phenoxy) is 3. The Morgan fingerprint density at radius 2 is 1.38 bits per heavy atom. The number of amides is 2. The average molecular weight is 423 g/mol. The first-order chi connectivity index (χ1) is 12.6. The van der Waals surface area contributed by atoms with Crippen LogP contribution in [-0.4, -0.2) is 31.6 Å². The lowest BCUT2D eigenvalue weighted by Gasteiger charge is -2.12. The van der Waals surface area contributed by atoms with Crippen LogP contribution in [0.5, 0.6) is 17.2 Å². The molecule has 0 spiro atoms. The van der Waals surface area contributed by atoms with Gasteiger partial charge in [-0.05, 0) is 43.3 Å². The minimum Gasteiger partial charge on any atom is -0.490 e. The van der Waals surface area contributed by atoms with Gasteiger partial charge in [-0.2, -0.15) is 0 Å². The molecule has 0 radical (unpaired) electrons. The number of halogens is 1. The topological polar surface area (TPSA) is 85.9 Å². The molecule has 138 valence electrons. The van der Waals surface area contributed by atoms with Gasteiger partial charge in [-0.1, -0.05) is 28.1 Å². The molecule has 0 saturated heterocycles. The quantitative estimate of drug-likeness (QED) is 0.638. The van der Waals surface area contributed by atoms with Crippen molar-refractivity contribution in [1.29, 1.82) is 0 Å². The van der Waals surface area contributed by atoms with Crippen LogP contribution < -0.4 is 25.1 Å². The minimum atomic E-state index is -0.506. The van der Waals surface area contributed by atoms with Gasteiger partial charge in [0.25, 0.3) is 11.8 Å². The number of benzene rings is 2. The Balaban J connectivity index is 1.69. The van der Waals surface area contributed by atoms with Crippen molar-refractivity contribution in [2.24, 2.45) is 0 Å². The molecular formula is C18H19BrN2O5. The largest absolute Gasteiger partial charge is 0.490 e. The molecule has 2 aromatic rings. The molecule has 0 aliphatic rings. The van der Waals surface area contributed by atoms with Gasteiger partial charge in [-0.25, -0.2) is 0 Å². The Morgan fingerprint density at radius 1 is 0.846 bits per heavy atom. The maximum Gasteiger partial charge on any atom is 0.276 e. The molecule has 2 N–H and O–H groups in total. The van der Waals surface area contributed by atoms with Crippen LogP contribution in [0.2, 0.25) is 0 Å². The van der Waals surface area contributed by atoms with Gasteiger partial charge in [0.2, 0.25) is 0 Å². The second kappa shape index (κ2) is 10.3. The maximum absolute atomic E-state index is 11.8. The van der Waals surface area contributed by atoms with E-state index in [0.29, 0.717) is 23.9 Å². The fourth-order valence-corrected chi connectivity index (χ4v) is 2.14. The predicted octanol–water partition coefficient (Wildman–Crippen LogP) is 2.45. The van der Waals surface area contributed by atoms with Crippen molar-refractivity contribution in [2.75, 3.05) is 19.8 Å². The summed E-state index contributed by atoms with van der Waals surface area (Å²) in [5.41, 5.74) is 4.51. The number of hydrogen-bond acceptors (Lipinski definition) is 5. The van der Waals surface area contributed by atoms with Gasteiger partial charge in [-0.15, -0.1) is 0 Å². The first-order valence-electron chi connectivity index (χ1n) is 7.89. The third-order valence-electron chi connectivity index (χ3n) is 3.03. The molecule has 2 aromatic carbocycles. The van der Waals surface area contributed by atoms with E-state index in [0.717, 1.165) is 4.47 Å². The van der Waals surface area contributed by atoms with Crippen molar-refractivity contribution in [1.82, 2.24) is 10.9 Å². The zero-order valence-electron chi connectivity index (χ0n) is 14.2. The van der Waals surface area contributed by atoms with Crippen molar-refractivity contribution in [3.63, 3.8) is 0 Å². The Bertz CT molecular complexity index is 737. The van der Waals surface area contributed by atoms with Crippen molar-refractivity contribution < 1.29 is 23.8 Å². The SMILES string of the molecule is CCOc1ccccc1OCC(=O)NNC(=O)COc1ccc(Br)cc1. The monoisotopic (exact) mass is 422 g/mol. The van der Waals surface area contributed by atoms with Gasteiger partial charge in [0.15, 0.2) is 24.7 Å². The Kier molecular flexibility index (Phi) is 7.75. The Hall–Kier alpha value is -2.74. The molecule has 0 atom stereocenters. The van der Waals surface area contributed by atoms with Gasteiger partial charge in [0, 0.05) is 4.47 Å². The third kappa shape index (κ3) is 6.64. The highest BCUT2D eigenvalue weighted by atomic mass is 79.9. The highest BCUT2D eigenvalue weighted by molar-refractivity contribution is 9.10. The molecule has 0 bridgehead atoms. The third-order valence-corrected chi connectivity index (χ3v) is 3.56. The van der Waals surface area contributed by atoms with Crippen molar-refractivity contribution in [3.05, 3.63) is 53.0 Å². The normalized spacial score (nSPS) is 9.92. The molecule has 0 unspecified atom stereocenters. The number of para-hydroxylation sites is 2. The van der Waals surface area contributed by atoms with E-state index in [1.807, 2.05) is 13.0 Å². The van der Waals surface area contributed by atoms with Crippen LogP contribution in [0.1, 0.15) is 6.92 Å². The van der Waals surface area contributed by atoms with Crippen LogP contribution in [0.25, 0.3) is 0 Å². The molecule has 26 heavy (non-hydrogen) atoms. The fourth-order valence-electron chi connectivity index (χ4n) is 1.88. The molecule has 8 heteroatoms. The van der Waals surface area contributed by atoms with Crippen molar-refractivity contribution in [3.8, 4) is 17.2 Å². The van der Waals surface area contributed by atoms with E-state index in [-0.39, 0.29) is 13.2 Å². The van der Waals surface area contributed by atoms with Gasteiger partial charge in [-0.3, -0.25) is 20.4 Å². The van der Waals surface area contributed by atoms with Crippen LogP contribution >= 0.6 is 15.9 Å². The summed E-state index contributed by atoms with van der Waals surface area (Å²) >= 11 is 3.31. The summed E-state index contributed by atoms with van der Waals surface area (Å²) in [6.45, 7) is 1.85. The zero-order valence-corrected chi connectivity index (χ0v) is 15.7.